The molecular formula is C19H31N3O3. The molecule has 2 aromatic rings. The molecule has 6 heteroatoms. The van der Waals surface area contributed by atoms with Crippen LogP contribution >= 0.6 is 0 Å². The van der Waals surface area contributed by atoms with Crippen LogP contribution in [-0.2, 0) is 11.3 Å². The third-order valence-electron chi connectivity index (χ3n) is 4.11. The average molecular weight is 349 g/mol. The molecule has 6 nitrogen and oxygen atoms in total. The molecule has 0 aromatic carbocycles. The first kappa shape index (κ1) is 19.3. The first-order chi connectivity index (χ1) is 12.2. The van der Waals surface area contributed by atoms with E-state index in [2.05, 4.69) is 24.3 Å². The van der Waals surface area contributed by atoms with Gasteiger partial charge in [0.25, 0.3) is 0 Å². The maximum absolute atomic E-state index is 12.1. The number of esters is 1. The Kier molecular flexibility index (Phi) is 7.82. The third kappa shape index (κ3) is 5.25. The number of furan rings is 1. The zero-order valence-corrected chi connectivity index (χ0v) is 15.8. The number of ether oxygens (including phenoxy) is 1. The normalized spacial score (nSPS) is 11.2. The molecule has 2 heterocycles. The molecule has 0 aliphatic heterocycles. The Morgan fingerprint density at radius 1 is 1.16 bits per heavy atom. The Morgan fingerprint density at radius 3 is 2.64 bits per heavy atom. The number of nitrogens with zero attached hydrogens (tertiary/aromatic N) is 2. The smallest absolute Gasteiger partial charge is 0.374 e. The lowest BCUT2D eigenvalue weighted by molar-refractivity contribution is 0.0471. The summed E-state index contributed by atoms with van der Waals surface area (Å²) in [7, 11) is 0. The van der Waals surface area contributed by atoms with Crippen LogP contribution in [0.4, 0.5) is 5.82 Å². The number of carbonyl (C=O) groups excluding carboxylic acids is 1. The number of carbonyl (C=O) groups is 1. The van der Waals surface area contributed by atoms with Crippen LogP contribution in [0.25, 0.3) is 11.1 Å². The summed E-state index contributed by atoms with van der Waals surface area (Å²) in [5, 5.41) is 7.99. The molecule has 0 bridgehead atoms. The molecule has 0 unspecified atom stereocenters. The quantitative estimate of drug-likeness (QED) is 0.432. The highest BCUT2D eigenvalue weighted by Gasteiger charge is 2.20. The lowest BCUT2D eigenvalue weighted by atomic mass is 10.2. The number of hydrogen-bond donors (Lipinski definition) is 1. The maximum Gasteiger partial charge on any atom is 0.374 e. The summed E-state index contributed by atoms with van der Waals surface area (Å²) in [5.74, 6) is 0.564. The lowest BCUT2D eigenvalue weighted by Crippen LogP contribution is -2.06. The zero-order valence-electron chi connectivity index (χ0n) is 15.8. The van der Waals surface area contributed by atoms with Crippen LogP contribution in [0.5, 0.6) is 0 Å². The van der Waals surface area contributed by atoms with E-state index in [9.17, 15) is 4.79 Å². The van der Waals surface area contributed by atoms with Crippen LogP contribution in [-0.4, -0.2) is 28.9 Å². The van der Waals surface area contributed by atoms with Crippen molar-refractivity contribution in [3.63, 3.8) is 0 Å². The van der Waals surface area contributed by atoms with Gasteiger partial charge in [-0.3, -0.25) is 4.68 Å². The summed E-state index contributed by atoms with van der Waals surface area (Å²) in [6, 6.07) is 1.75. The number of unbranched alkanes of at least 4 members (excludes halogenated alkanes) is 4. The summed E-state index contributed by atoms with van der Waals surface area (Å²) >= 11 is 0. The Balaban J connectivity index is 2.19. The van der Waals surface area contributed by atoms with Crippen molar-refractivity contribution in [2.75, 3.05) is 18.5 Å². The van der Waals surface area contributed by atoms with Gasteiger partial charge in [0.05, 0.1) is 6.61 Å². The zero-order chi connectivity index (χ0) is 18.1. The van der Waals surface area contributed by atoms with Crippen LogP contribution < -0.4 is 5.32 Å². The number of hydrogen-bond acceptors (Lipinski definition) is 5. The van der Waals surface area contributed by atoms with E-state index in [-0.39, 0.29) is 5.76 Å². The van der Waals surface area contributed by atoms with Crippen molar-refractivity contribution < 1.29 is 13.9 Å². The molecule has 140 valence electrons. The minimum Gasteiger partial charge on any atom is -0.460 e. The fraction of sp³-hybridized carbons (Fsp3) is 0.684. The first-order valence-corrected chi connectivity index (χ1v) is 9.62. The van der Waals surface area contributed by atoms with E-state index in [4.69, 9.17) is 9.15 Å². The number of fused-ring (bicyclic) bond motifs is 1. The summed E-state index contributed by atoms with van der Waals surface area (Å²) in [6.45, 7) is 8.41. The van der Waals surface area contributed by atoms with E-state index in [0.717, 1.165) is 56.5 Å². The third-order valence-corrected chi connectivity index (χ3v) is 4.11. The van der Waals surface area contributed by atoms with Crippen LogP contribution in [0.15, 0.2) is 10.5 Å². The van der Waals surface area contributed by atoms with Crippen molar-refractivity contribution >= 4 is 22.9 Å². The van der Waals surface area contributed by atoms with Gasteiger partial charge in [0.2, 0.25) is 5.76 Å². The van der Waals surface area contributed by atoms with Gasteiger partial charge in [-0.25, -0.2) is 4.79 Å². The van der Waals surface area contributed by atoms with E-state index in [1.165, 1.54) is 12.8 Å². The van der Waals surface area contributed by atoms with Gasteiger partial charge in [-0.2, -0.15) is 5.10 Å². The maximum atomic E-state index is 12.1. The van der Waals surface area contributed by atoms with E-state index < -0.39 is 5.97 Å². The lowest BCUT2D eigenvalue weighted by Gasteiger charge is -2.03. The number of aromatic nitrogens is 2. The Morgan fingerprint density at radius 2 is 1.92 bits per heavy atom. The number of nitrogens with one attached hydrogen (secondary N) is 1. The van der Waals surface area contributed by atoms with Gasteiger partial charge in [0, 0.05) is 19.2 Å². The SMILES string of the molecule is CCCCCNc1nn(CCCCC)c2cc(C(=O)OCCC)oc12. The molecule has 0 atom stereocenters. The monoisotopic (exact) mass is 349 g/mol. The molecule has 0 radical (unpaired) electrons. The minimum absolute atomic E-state index is 0.252. The second-order valence-electron chi connectivity index (χ2n) is 6.37. The fourth-order valence-corrected chi connectivity index (χ4v) is 2.71. The van der Waals surface area contributed by atoms with Crippen LogP contribution in [0.2, 0.25) is 0 Å². The number of rotatable bonds is 12. The largest absolute Gasteiger partial charge is 0.460 e. The highest BCUT2D eigenvalue weighted by atomic mass is 16.5. The topological polar surface area (TPSA) is 69.3 Å². The average Bonchev–Trinajstić information content (AvgIpc) is 3.18. The molecule has 2 rings (SSSR count). The van der Waals surface area contributed by atoms with E-state index in [1.54, 1.807) is 6.07 Å². The van der Waals surface area contributed by atoms with Crippen molar-refractivity contribution in [2.24, 2.45) is 0 Å². The van der Waals surface area contributed by atoms with Gasteiger partial charge in [-0.15, -0.1) is 0 Å². The molecule has 0 amide bonds. The highest BCUT2D eigenvalue weighted by molar-refractivity contribution is 5.94. The summed E-state index contributed by atoms with van der Waals surface area (Å²) in [5.41, 5.74) is 1.51. The molecule has 0 aliphatic rings. The van der Waals surface area contributed by atoms with Gasteiger partial charge in [0.1, 0.15) is 5.52 Å². The van der Waals surface area contributed by atoms with E-state index >= 15 is 0 Å². The molecule has 25 heavy (non-hydrogen) atoms. The molecule has 2 aromatic heterocycles. The molecular weight excluding hydrogens is 318 g/mol. The fourth-order valence-electron chi connectivity index (χ4n) is 2.71. The Bertz CT molecular complexity index is 660. The summed E-state index contributed by atoms with van der Waals surface area (Å²) < 4.78 is 12.9. The van der Waals surface area contributed by atoms with E-state index in [1.807, 2.05) is 11.6 Å². The summed E-state index contributed by atoms with van der Waals surface area (Å²) in [6.07, 6.45) is 7.62. The van der Waals surface area contributed by atoms with Crippen molar-refractivity contribution in [3.05, 3.63) is 11.8 Å². The van der Waals surface area contributed by atoms with Crippen molar-refractivity contribution in [3.8, 4) is 0 Å². The van der Waals surface area contributed by atoms with Crippen molar-refractivity contribution in [1.29, 1.82) is 0 Å². The second kappa shape index (κ2) is 10.1. The number of anilines is 1. The Labute approximate surface area is 149 Å². The standard InChI is InChI=1S/C19H31N3O3/c1-4-7-9-11-20-18-17-15(22(21-18)12-10-8-5-2)14-16(25-17)19(23)24-13-6-3/h14H,4-13H2,1-3H3,(H,20,21). The van der Waals surface area contributed by atoms with Crippen LogP contribution in [0.1, 0.15) is 76.3 Å². The van der Waals surface area contributed by atoms with Gasteiger partial charge in [-0.1, -0.05) is 46.5 Å². The first-order valence-electron chi connectivity index (χ1n) is 9.62. The molecule has 0 saturated heterocycles. The molecule has 1 N–H and O–H groups in total. The molecule has 0 saturated carbocycles. The summed E-state index contributed by atoms with van der Waals surface area (Å²) in [4.78, 5) is 12.1. The van der Waals surface area contributed by atoms with Gasteiger partial charge in [0.15, 0.2) is 11.4 Å². The highest BCUT2D eigenvalue weighted by Crippen LogP contribution is 2.27. The van der Waals surface area contributed by atoms with Crippen molar-refractivity contribution in [1.82, 2.24) is 9.78 Å². The van der Waals surface area contributed by atoms with Crippen LogP contribution in [0.3, 0.4) is 0 Å². The minimum atomic E-state index is -0.407. The number of aryl methyl sites for hydroxylation is 1. The second-order valence-corrected chi connectivity index (χ2v) is 6.37. The van der Waals surface area contributed by atoms with Crippen LogP contribution in [0, 0.1) is 0 Å². The molecule has 0 spiro atoms. The molecule has 0 fully saturated rings. The predicted molar refractivity (Wildman–Crippen MR) is 100 cm³/mol. The van der Waals surface area contributed by atoms with Gasteiger partial charge < -0.3 is 14.5 Å². The predicted octanol–water partition coefficient (Wildman–Crippen LogP) is 4.99. The van der Waals surface area contributed by atoms with E-state index in [0.29, 0.717) is 12.2 Å². The molecule has 0 aliphatic carbocycles. The Hall–Kier alpha value is -1.98. The van der Waals surface area contributed by atoms with Crippen molar-refractivity contribution in [2.45, 2.75) is 72.3 Å². The van der Waals surface area contributed by atoms with Gasteiger partial charge >= 0.3 is 5.97 Å². The van der Waals surface area contributed by atoms with Gasteiger partial charge in [-0.05, 0) is 19.3 Å².